The Labute approximate surface area is 111 Å². The van der Waals surface area contributed by atoms with Gasteiger partial charge in [-0.3, -0.25) is 4.79 Å². The first-order valence-electron chi connectivity index (χ1n) is 7.16. The van der Waals surface area contributed by atoms with Gasteiger partial charge in [-0.2, -0.15) is 0 Å². The van der Waals surface area contributed by atoms with Gasteiger partial charge in [0, 0.05) is 25.2 Å². The maximum atomic E-state index is 12.2. The number of likely N-dealkylation sites (N-methyl/N-ethyl adjacent to an activating group) is 1. The molecular weight excluding hydrogens is 226 g/mol. The Balaban J connectivity index is 2.33. The van der Waals surface area contributed by atoms with E-state index in [0.29, 0.717) is 12.6 Å². The van der Waals surface area contributed by atoms with Crippen LogP contribution in [0.3, 0.4) is 0 Å². The maximum absolute atomic E-state index is 12.2. The average molecular weight is 255 g/mol. The molecule has 0 heterocycles. The Hall–Kier alpha value is -0.610. The van der Waals surface area contributed by atoms with Crippen LogP contribution < -0.4 is 11.1 Å². The van der Waals surface area contributed by atoms with Gasteiger partial charge in [0.05, 0.1) is 5.41 Å². The molecule has 0 aromatic rings. The Morgan fingerprint density at radius 2 is 2.28 bits per heavy atom. The molecule has 1 aliphatic carbocycles. The SMILES string of the molecule is CCC(C)N(C)CCNC(=O)C1(C)CCCC1N. The Bertz CT molecular complexity index is 282. The predicted octanol–water partition coefficient (Wildman–Crippen LogP) is 1.35. The van der Waals surface area contributed by atoms with Gasteiger partial charge < -0.3 is 16.0 Å². The molecule has 4 nitrogen and oxygen atoms in total. The Kier molecular flexibility index (Phi) is 5.60. The van der Waals surface area contributed by atoms with E-state index < -0.39 is 0 Å². The molecule has 0 saturated heterocycles. The number of nitrogens with zero attached hydrogens (tertiary/aromatic N) is 1. The zero-order valence-electron chi connectivity index (χ0n) is 12.3. The van der Waals surface area contributed by atoms with Crippen molar-refractivity contribution >= 4 is 5.91 Å². The molecule has 0 spiro atoms. The summed E-state index contributed by atoms with van der Waals surface area (Å²) in [5.74, 6) is 0.130. The van der Waals surface area contributed by atoms with Crippen molar-refractivity contribution in [2.75, 3.05) is 20.1 Å². The average Bonchev–Trinajstić information content (AvgIpc) is 2.69. The number of nitrogens with two attached hydrogens (primary N) is 1. The van der Waals surface area contributed by atoms with E-state index >= 15 is 0 Å². The highest BCUT2D eigenvalue weighted by Gasteiger charge is 2.42. The van der Waals surface area contributed by atoms with Gasteiger partial charge in [-0.05, 0) is 40.2 Å². The summed E-state index contributed by atoms with van der Waals surface area (Å²) in [5, 5.41) is 3.04. The molecule has 0 radical (unpaired) electrons. The van der Waals surface area contributed by atoms with E-state index in [9.17, 15) is 4.79 Å². The summed E-state index contributed by atoms with van der Waals surface area (Å²) in [4.78, 5) is 14.5. The van der Waals surface area contributed by atoms with E-state index in [1.807, 2.05) is 6.92 Å². The van der Waals surface area contributed by atoms with E-state index in [-0.39, 0.29) is 17.4 Å². The van der Waals surface area contributed by atoms with Gasteiger partial charge in [-0.1, -0.05) is 13.3 Å². The Morgan fingerprint density at radius 1 is 1.61 bits per heavy atom. The predicted molar refractivity (Wildman–Crippen MR) is 75.3 cm³/mol. The van der Waals surface area contributed by atoms with Gasteiger partial charge in [0.2, 0.25) is 5.91 Å². The van der Waals surface area contributed by atoms with Gasteiger partial charge in [0.15, 0.2) is 0 Å². The van der Waals surface area contributed by atoms with Crippen molar-refractivity contribution in [3.05, 3.63) is 0 Å². The highest BCUT2D eigenvalue weighted by molar-refractivity contribution is 5.83. The van der Waals surface area contributed by atoms with Crippen LogP contribution in [0.1, 0.15) is 46.5 Å². The third-order valence-electron chi connectivity index (χ3n) is 4.64. The van der Waals surface area contributed by atoms with Crippen LogP contribution in [0, 0.1) is 5.41 Å². The molecule has 106 valence electrons. The smallest absolute Gasteiger partial charge is 0.227 e. The van der Waals surface area contributed by atoms with Crippen molar-refractivity contribution in [1.82, 2.24) is 10.2 Å². The third kappa shape index (κ3) is 3.45. The summed E-state index contributed by atoms with van der Waals surface area (Å²) in [6, 6.07) is 0.580. The van der Waals surface area contributed by atoms with Crippen LogP contribution >= 0.6 is 0 Å². The fourth-order valence-corrected chi connectivity index (χ4v) is 2.55. The monoisotopic (exact) mass is 255 g/mol. The third-order valence-corrected chi connectivity index (χ3v) is 4.64. The van der Waals surface area contributed by atoms with E-state index in [1.165, 1.54) is 0 Å². The molecule has 0 aliphatic heterocycles. The van der Waals surface area contributed by atoms with Crippen molar-refractivity contribution in [3.8, 4) is 0 Å². The second-order valence-electron chi connectivity index (χ2n) is 5.91. The summed E-state index contributed by atoms with van der Waals surface area (Å²) in [6.07, 6.45) is 4.09. The molecular formula is C14H29N3O. The molecule has 18 heavy (non-hydrogen) atoms. The molecule has 3 unspecified atom stereocenters. The molecule has 3 atom stereocenters. The van der Waals surface area contributed by atoms with Crippen molar-refractivity contribution in [2.24, 2.45) is 11.1 Å². The lowest BCUT2D eigenvalue weighted by Gasteiger charge is -2.29. The molecule has 3 N–H and O–H groups in total. The van der Waals surface area contributed by atoms with Gasteiger partial charge in [-0.25, -0.2) is 0 Å². The molecule has 1 amide bonds. The number of hydrogen-bond acceptors (Lipinski definition) is 3. The number of rotatable bonds is 6. The summed E-state index contributed by atoms with van der Waals surface area (Å²) in [6.45, 7) is 7.99. The molecule has 0 aromatic heterocycles. The van der Waals surface area contributed by atoms with Crippen LogP contribution in [0.2, 0.25) is 0 Å². The van der Waals surface area contributed by atoms with Crippen LogP contribution in [-0.2, 0) is 4.79 Å². The highest BCUT2D eigenvalue weighted by atomic mass is 16.2. The quantitative estimate of drug-likeness (QED) is 0.753. The van der Waals surface area contributed by atoms with Gasteiger partial charge in [0.1, 0.15) is 0 Å². The summed E-state index contributed by atoms with van der Waals surface area (Å²) in [7, 11) is 2.10. The van der Waals surface area contributed by atoms with E-state index in [2.05, 4.69) is 31.1 Å². The van der Waals surface area contributed by atoms with Gasteiger partial charge in [-0.15, -0.1) is 0 Å². The molecule has 4 heteroatoms. The summed E-state index contributed by atoms with van der Waals surface area (Å²) >= 11 is 0. The van der Waals surface area contributed by atoms with Gasteiger partial charge >= 0.3 is 0 Å². The number of hydrogen-bond donors (Lipinski definition) is 2. The highest BCUT2D eigenvalue weighted by Crippen LogP contribution is 2.36. The lowest BCUT2D eigenvalue weighted by atomic mass is 9.84. The maximum Gasteiger partial charge on any atom is 0.227 e. The minimum Gasteiger partial charge on any atom is -0.354 e. The standard InChI is InChI=1S/C14H29N3O/c1-5-11(2)17(4)10-9-16-13(18)14(3)8-6-7-12(14)15/h11-12H,5-10,15H2,1-4H3,(H,16,18). The van der Waals surface area contributed by atoms with Crippen LogP contribution in [0.5, 0.6) is 0 Å². The minimum absolute atomic E-state index is 0.0183. The molecule has 1 fully saturated rings. The first-order valence-corrected chi connectivity index (χ1v) is 7.16. The number of carbonyl (C=O) groups excluding carboxylic acids is 1. The lowest BCUT2D eigenvalue weighted by Crippen LogP contribution is -2.49. The van der Waals surface area contributed by atoms with Crippen molar-refractivity contribution in [2.45, 2.75) is 58.5 Å². The second kappa shape index (κ2) is 6.53. The number of amides is 1. The Morgan fingerprint density at radius 3 is 2.78 bits per heavy atom. The summed E-state index contributed by atoms with van der Waals surface area (Å²) in [5.41, 5.74) is 5.69. The minimum atomic E-state index is -0.352. The normalized spacial score (nSPS) is 29.6. The zero-order chi connectivity index (χ0) is 13.8. The van der Waals surface area contributed by atoms with Gasteiger partial charge in [0.25, 0.3) is 0 Å². The molecule has 0 bridgehead atoms. The van der Waals surface area contributed by atoms with Crippen LogP contribution in [-0.4, -0.2) is 43.0 Å². The molecule has 1 saturated carbocycles. The van der Waals surface area contributed by atoms with Crippen molar-refractivity contribution in [3.63, 3.8) is 0 Å². The fourth-order valence-electron chi connectivity index (χ4n) is 2.55. The molecule has 1 rings (SSSR count). The fraction of sp³-hybridized carbons (Fsp3) is 0.929. The van der Waals surface area contributed by atoms with Crippen molar-refractivity contribution < 1.29 is 4.79 Å². The van der Waals surface area contributed by atoms with E-state index in [1.54, 1.807) is 0 Å². The topological polar surface area (TPSA) is 58.4 Å². The largest absolute Gasteiger partial charge is 0.354 e. The molecule has 1 aliphatic rings. The van der Waals surface area contributed by atoms with Crippen LogP contribution in [0.15, 0.2) is 0 Å². The van der Waals surface area contributed by atoms with Crippen molar-refractivity contribution in [1.29, 1.82) is 0 Å². The first-order chi connectivity index (χ1) is 8.41. The second-order valence-corrected chi connectivity index (χ2v) is 5.91. The van der Waals surface area contributed by atoms with Crippen LogP contribution in [0.4, 0.5) is 0 Å². The summed E-state index contributed by atoms with van der Waals surface area (Å²) < 4.78 is 0. The van der Waals surface area contributed by atoms with E-state index in [0.717, 1.165) is 32.2 Å². The number of nitrogens with one attached hydrogen (secondary N) is 1. The lowest BCUT2D eigenvalue weighted by molar-refractivity contribution is -0.130. The number of carbonyl (C=O) groups is 1. The van der Waals surface area contributed by atoms with E-state index in [4.69, 9.17) is 5.73 Å². The zero-order valence-corrected chi connectivity index (χ0v) is 12.3. The first kappa shape index (κ1) is 15.4. The molecule has 0 aromatic carbocycles. The van der Waals surface area contributed by atoms with Crippen LogP contribution in [0.25, 0.3) is 0 Å².